The first-order chi connectivity index (χ1) is 12.0. The van der Waals surface area contributed by atoms with Crippen LogP contribution in [0.4, 0.5) is 0 Å². The zero-order valence-corrected chi connectivity index (χ0v) is 15.5. The van der Waals surface area contributed by atoms with E-state index in [0.717, 1.165) is 58.5 Å². The third kappa shape index (κ3) is 3.56. The Hall–Kier alpha value is -1.14. The van der Waals surface area contributed by atoms with Crippen LogP contribution in [0.25, 0.3) is 0 Å². The summed E-state index contributed by atoms with van der Waals surface area (Å²) in [4.78, 5) is 31.2. The first-order valence-corrected chi connectivity index (χ1v) is 9.90. The van der Waals surface area contributed by atoms with Crippen molar-refractivity contribution in [3.8, 4) is 0 Å². The van der Waals surface area contributed by atoms with E-state index in [2.05, 4.69) is 18.9 Å². The molecule has 4 rings (SSSR count). The molecule has 0 bridgehead atoms. The highest BCUT2D eigenvalue weighted by molar-refractivity contribution is 5.80. The molecule has 0 unspecified atom stereocenters. The summed E-state index contributed by atoms with van der Waals surface area (Å²) in [7, 11) is 2.10. The Bertz CT molecular complexity index is 512. The molecular weight excluding hydrogens is 318 g/mol. The average Bonchev–Trinajstić information content (AvgIpc) is 3.10. The third-order valence-electron chi connectivity index (χ3n) is 6.61. The summed E-state index contributed by atoms with van der Waals surface area (Å²) in [6.45, 7) is 7.35. The molecule has 2 amide bonds. The minimum atomic E-state index is 0.0446. The van der Waals surface area contributed by atoms with Crippen molar-refractivity contribution in [2.24, 2.45) is 17.8 Å². The number of rotatable bonds is 3. The maximum Gasteiger partial charge on any atom is 0.225 e. The van der Waals surface area contributed by atoms with Gasteiger partial charge in [-0.25, -0.2) is 0 Å². The van der Waals surface area contributed by atoms with E-state index in [1.54, 1.807) is 0 Å². The van der Waals surface area contributed by atoms with E-state index in [1.165, 1.54) is 0 Å². The highest BCUT2D eigenvalue weighted by Crippen LogP contribution is 2.39. The number of likely N-dealkylation sites (tertiary alicyclic amines) is 1. The molecule has 3 aliphatic heterocycles. The number of nitrogens with zero attached hydrogens (tertiary/aromatic N) is 3. The van der Waals surface area contributed by atoms with Gasteiger partial charge in [0.05, 0.1) is 18.6 Å². The topological polar surface area (TPSA) is 53.1 Å². The number of carbonyl (C=O) groups is 2. The number of amides is 2. The van der Waals surface area contributed by atoms with E-state index < -0.39 is 0 Å². The van der Waals surface area contributed by atoms with Crippen molar-refractivity contribution in [3.05, 3.63) is 0 Å². The van der Waals surface area contributed by atoms with Crippen molar-refractivity contribution >= 4 is 11.8 Å². The highest BCUT2D eigenvalue weighted by Gasteiger charge is 2.46. The Morgan fingerprint density at radius 1 is 1.00 bits per heavy atom. The number of carbonyl (C=O) groups excluding carboxylic acids is 2. The van der Waals surface area contributed by atoms with Gasteiger partial charge in [0.25, 0.3) is 0 Å². The fourth-order valence-corrected chi connectivity index (χ4v) is 4.92. The van der Waals surface area contributed by atoms with Gasteiger partial charge in [-0.2, -0.15) is 0 Å². The molecule has 4 fully saturated rings. The molecule has 0 aromatic carbocycles. The fraction of sp³-hybridized carbons (Fsp3) is 0.895. The highest BCUT2D eigenvalue weighted by atomic mass is 16.5. The van der Waals surface area contributed by atoms with Gasteiger partial charge in [-0.1, -0.05) is 6.92 Å². The maximum atomic E-state index is 12.5. The van der Waals surface area contributed by atoms with Crippen molar-refractivity contribution in [2.75, 3.05) is 46.3 Å². The van der Waals surface area contributed by atoms with E-state index in [1.807, 2.05) is 9.80 Å². The SMILES string of the molecule is CC1CC(C(=O)N2C[C@@H]3C[C@H](CC(=O)N4CCN(C)CC4)O[C@@H]3C2)C1. The zero-order chi connectivity index (χ0) is 17.6. The second-order valence-corrected chi connectivity index (χ2v) is 8.70. The molecule has 1 aliphatic carbocycles. The Kier molecular flexibility index (Phi) is 4.75. The van der Waals surface area contributed by atoms with Crippen LogP contribution in [0.5, 0.6) is 0 Å². The lowest BCUT2D eigenvalue weighted by atomic mass is 9.75. The second-order valence-electron chi connectivity index (χ2n) is 8.70. The van der Waals surface area contributed by atoms with E-state index in [0.29, 0.717) is 24.2 Å². The second kappa shape index (κ2) is 6.88. The van der Waals surface area contributed by atoms with Crippen LogP contribution in [0, 0.1) is 17.8 Å². The molecule has 3 saturated heterocycles. The van der Waals surface area contributed by atoms with Gasteiger partial charge in [-0.05, 0) is 32.2 Å². The third-order valence-corrected chi connectivity index (χ3v) is 6.61. The number of likely N-dealkylation sites (N-methyl/N-ethyl adjacent to an activating group) is 1. The molecule has 6 heteroatoms. The van der Waals surface area contributed by atoms with E-state index in [9.17, 15) is 9.59 Å². The molecule has 0 N–H and O–H groups in total. The Balaban J connectivity index is 1.23. The largest absolute Gasteiger partial charge is 0.372 e. The number of ether oxygens (including phenoxy) is 1. The van der Waals surface area contributed by atoms with Crippen LogP contribution in [-0.4, -0.2) is 85.0 Å². The lowest BCUT2D eigenvalue weighted by molar-refractivity contribution is -0.140. The molecule has 0 aromatic rings. The van der Waals surface area contributed by atoms with Crippen LogP contribution in [-0.2, 0) is 14.3 Å². The standard InChI is InChI=1S/C19H31N3O3/c1-13-7-14(8-13)19(24)22-11-15-9-16(25-17(15)12-22)10-18(23)21-5-3-20(2)4-6-21/h13-17H,3-12H2,1-2H3/t13?,14?,15-,16+,17+/m0/s1. The number of hydrogen-bond donors (Lipinski definition) is 0. The minimum Gasteiger partial charge on any atom is -0.372 e. The Labute approximate surface area is 150 Å². The predicted molar refractivity (Wildman–Crippen MR) is 93.9 cm³/mol. The van der Waals surface area contributed by atoms with E-state index >= 15 is 0 Å². The minimum absolute atomic E-state index is 0.0446. The molecule has 6 nitrogen and oxygen atoms in total. The monoisotopic (exact) mass is 349 g/mol. The molecule has 3 atom stereocenters. The van der Waals surface area contributed by atoms with E-state index in [4.69, 9.17) is 4.74 Å². The van der Waals surface area contributed by atoms with Gasteiger partial charge in [0.1, 0.15) is 0 Å². The van der Waals surface area contributed by atoms with Crippen molar-refractivity contribution in [1.29, 1.82) is 0 Å². The molecule has 25 heavy (non-hydrogen) atoms. The summed E-state index contributed by atoms with van der Waals surface area (Å²) in [5.74, 6) is 1.95. The molecule has 1 saturated carbocycles. The van der Waals surface area contributed by atoms with Crippen LogP contribution in [0.2, 0.25) is 0 Å². The van der Waals surface area contributed by atoms with Gasteiger partial charge < -0.3 is 19.4 Å². The molecule has 140 valence electrons. The summed E-state index contributed by atoms with van der Waals surface area (Å²) in [5, 5.41) is 0. The quantitative estimate of drug-likeness (QED) is 0.757. The molecule has 0 aromatic heterocycles. The molecule has 3 heterocycles. The lowest BCUT2D eigenvalue weighted by Crippen LogP contribution is -2.47. The number of hydrogen-bond acceptors (Lipinski definition) is 4. The van der Waals surface area contributed by atoms with Crippen LogP contribution in [0.3, 0.4) is 0 Å². The Morgan fingerprint density at radius 2 is 1.72 bits per heavy atom. The summed E-state index contributed by atoms with van der Waals surface area (Å²) in [6.07, 6.45) is 3.72. The van der Waals surface area contributed by atoms with Crippen molar-refractivity contribution in [1.82, 2.24) is 14.7 Å². The Morgan fingerprint density at radius 3 is 2.36 bits per heavy atom. The number of piperazine rings is 1. The zero-order valence-electron chi connectivity index (χ0n) is 15.5. The van der Waals surface area contributed by atoms with Gasteiger partial charge in [0, 0.05) is 51.1 Å². The van der Waals surface area contributed by atoms with Crippen LogP contribution < -0.4 is 0 Å². The molecule has 0 radical (unpaired) electrons. The summed E-state index contributed by atoms with van der Waals surface area (Å²) >= 11 is 0. The van der Waals surface area contributed by atoms with Gasteiger partial charge in [0.2, 0.25) is 11.8 Å². The molecule has 4 aliphatic rings. The van der Waals surface area contributed by atoms with Gasteiger partial charge >= 0.3 is 0 Å². The van der Waals surface area contributed by atoms with E-state index in [-0.39, 0.29) is 24.0 Å². The van der Waals surface area contributed by atoms with Crippen molar-refractivity contribution in [3.63, 3.8) is 0 Å². The molecule has 0 spiro atoms. The average molecular weight is 349 g/mol. The van der Waals surface area contributed by atoms with Crippen molar-refractivity contribution in [2.45, 2.75) is 44.8 Å². The smallest absolute Gasteiger partial charge is 0.225 e. The summed E-state index contributed by atoms with van der Waals surface area (Å²) in [6, 6.07) is 0. The molecular formula is C19H31N3O3. The van der Waals surface area contributed by atoms with Crippen LogP contribution >= 0.6 is 0 Å². The fourth-order valence-electron chi connectivity index (χ4n) is 4.92. The first kappa shape index (κ1) is 17.3. The van der Waals surface area contributed by atoms with Gasteiger partial charge in [-0.3, -0.25) is 9.59 Å². The van der Waals surface area contributed by atoms with Crippen LogP contribution in [0.15, 0.2) is 0 Å². The van der Waals surface area contributed by atoms with Gasteiger partial charge in [0.15, 0.2) is 0 Å². The van der Waals surface area contributed by atoms with Crippen molar-refractivity contribution < 1.29 is 14.3 Å². The van der Waals surface area contributed by atoms with Crippen LogP contribution in [0.1, 0.15) is 32.6 Å². The first-order valence-electron chi connectivity index (χ1n) is 9.90. The lowest BCUT2D eigenvalue weighted by Gasteiger charge is -2.35. The maximum absolute atomic E-state index is 12.5. The summed E-state index contributed by atoms with van der Waals surface area (Å²) < 4.78 is 6.15. The van der Waals surface area contributed by atoms with Gasteiger partial charge in [-0.15, -0.1) is 0 Å². The summed E-state index contributed by atoms with van der Waals surface area (Å²) in [5.41, 5.74) is 0. The number of fused-ring (bicyclic) bond motifs is 1. The predicted octanol–water partition coefficient (Wildman–Crippen LogP) is 0.813. The normalized spacial score (nSPS) is 38.6.